The van der Waals surface area contributed by atoms with Crippen LogP contribution in [0.2, 0.25) is 5.02 Å². The summed E-state index contributed by atoms with van der Waals surface area (Å²) < 4.78 is 6.64. The van der Waals surface area contributed by atoms with E-state index in [9.17, 15) is 5.11 Å². The normalized spacial score (nSPS) is 13.0. The number of aliphatic hydroxyl groups excluding tert-OH is 1. The van der Waals surface area contributed by atoms with Gasteiger partial charge in [0.2, 0.25) is 0 Å². The lowest BCUT2D eigenvalue weighted by Crippen LogP contribution is -2.23. The van der Waals surface area contributed by atoms with E-state index in [0.717, 1.165) is 6.54 Å². The van der Waals surface area contributed by atoms with Gasteiger partial charge in [-0.15, -0.1) is 0 Å². The smallest absolute Gasteiger partial charge is 0.110 e. The lowest BCUT2D eigenvalue weighted by atomic mass is 10.2. The molecule has 0 saturated carbocycles. The van der Waals surface area contributed by atoms with Crippen molar-refractivity contribution in [2.24, 2.45) is 0 Å². The largest absolute Gasteiger partial charge is 0.385 e. The molecule has 0 saturated heterocycles. The summed E-state index contributed by atoms with van der Waals surface area (Å²) in [6.45, 7) is 4.38. The molecule has 6 heteroatoms. The van der Waals surface area contributed by atoms with Gasteiger partial charge in [-0.25, -0.2) is 0 Å². The molecule has 16 heavy (non-hydrogen) atoms. The zero-order valence-corrected chi connectivity index (χ0v) is 10.4. The Morgan fingerprint density at radius 2 is 2.44 bits per heavy atom. The fourth-order valence-electron chi connectivity index (χ4n) is 1.44. The Bertz CT molecular complexity index is 317. The Balaban J connectivity index is 2.71. The molecular weight excluding hydrogens is 230 g/mol. The molecule has 1 aromatic heterocycles. The molecule has 1 atom stereocenters. The number of rotatable bonds is 7. The summed E-state index contributed by atoms with van der Waals surface area (Å²) >= 11 is 5.99. The first-order valence-electron chi connectivity index (χ1n) is 5.29. The van der Waals surface area contributed by atoms with Crippen molar-refractivity contribution in [2.75, 3.05) is 26.8 Å². The maximum absolute atomic E-state index is 9.95. The van der Waals surface area contributed by atoms with E-state index in [0.29, 0.717) is 30.4 Å². The third-order valence-electron chi connectivity index (χ3n) is 2.24. The van der Waals surface area contributed by atoms with E-state index in [-0.39, 0.29) is 0 Å². The first-order chi connectivity index (χ1) is 7.70. The van der Waals surface area contributed by atoms with Crippen molar-refractivity contribution in [1.82, 2.24) is 15.1 Å². The first-order valence-corrected chi connectivity index (χ1v) is 5.67. The molecule has 0 aliphatic carbocycles. The Morgan fingerprint density at radius 1 is 1.69 bits per heavy atom. The summed E-state index contributed by atoms with van der Waals surface area (Å²) in [5.41, 5.74) is 0.639. The van der Waals surface area contributed by atoms with Gasteiger partial charge in [0.05, 0.1) is 30.1 Å². The second kappa shape index (κ2) is 6.85. The van der Waals surface area contributed by atoms with Crippen LogP contribution in [0.1, 0.15) is 18.7 Å². The number of aliphatic hydroxyl groups is 1. The van der Waals surface area contributed by atoms with Gasteiger partial charge in [0.25, 0.3) is 0 Å². The van der Waals surface area contributed by atoms with Crippen LogP contribution in [0.5, 0.6) is 0 Å². The van der Waals surface area contributed by atoms with E-state index >= 15 is 0 Å². The van der Waals surface area contributed by atoms with E-state index < -0.39 is 6.10 Å². The van der Waals surface area contributed by atoms with Gasteiger partial charge in [0, 0.05) is 13.7 Å². The van der Waals surface area contributed by atoms with Crippen LogP contribution in [0.15, 0.2) is 6.20 Å². The Labute approximate surface area is 100 Å². The summed E-state index contributed by atoms with van der Waals surface area (Å²) in [6, 6.07) is 0. The van der Waals surface area contributed by atoms with Crippen LogP contribution in [0.25, 0.3) is 0 Å². The van der Waals surface area contributed by atoms with Gasteiger partial charge in [0.15, 0.2) is 0 Å². The number of nitrogens with one attached hydrogen (secondary N) is 1. The van der Waals surface area contributed by atoms with Gasteiger partial charge in [-0.05, 0) is 6.54 Å². The molecule has 0 amide bonds. The Kier molecular flexibility index (Phi) is 5.76. The van der Waals surface area contributed by atoms with Crippen molar-refractivity contribution >= 4 is 11.6 Å². The van der Waals surface area contributed by atoms with Crippen molar-refractivity contribution in [1.29, 1.82) is 0 Å². The molecule has 0 aliphatic rings. The highest BCUT2D eigenvalue weighted by molar-refractivity contribution is 6.31. The molecule has 1 aromatic rings. The van der Waals surface area contributed by atoms with Crippen LogP contribution in [0.4, 0.5) is 0 Å². The fraction of sp³-hybridized carbons (Fsp3) is 0.700. The van der Waals surface area contributed by atoms with E-state index in [2.05, 4.69) is 10.4 Å². The SMILES string of the molecule is CCNCC(O)c1c(Cl)cnn1CCOC. The van der Waals surface area contributed by atoms with E-state index in [1.165, 1.54) is 0 Å². The minimum Gasteiger partial charge on any atom is -0.385 e. The molecule has 0 spiro atoms. The number of hydrogen-bond acceptors (Lipinski definition) is 4. The van der Waals surface area contributed by atoms with Crippen LogP contribution < -0.4 is 5.32 Å². The molecule has 0 bridgehead atoms. The van der Waals surface area contributed by atoms with Gasteiger partial charge < -0.3 is 15.2 Å². The van der Waals surface area contributed by atoms with Crippen molar-refractivity contribution in [3.63, 3.8) is 0 Å². The standard InChI is InChI=1S/C10H18ClN3O2/c1-3-12-7-9(15)10-8(11)6-13-14(10)4-5-16-2/h6,9,12,15H,3-5,7H2,1-2H3. The van der Waals surface area contributed by atoms with Crippen molar-refractivity contribution in [3.8, 4) is 0 Å². The fourth-order valence-corrected chi connectivity index (χ4v) is 1.70. The van der Waals surface area contributed by atoms with E-state index in [1.54, 1.807) is 18.0 Å². The Hall–Kier alpha value is -0.620. The van der Waals surface area contributed by atoms with Crippen LogP contribution in [-0.4, -0.2) is 41.7 Å². The van der Waals surface area contributed by atoms with Gasteiger partial charge in [0.1, 0.15) is 6.10 Å². The molecule has 1 heterocycles. The van der Waals surface area contributed by atoms with Crippen LogP contribution in [0, 0.1) is 0 Å². The first kappa shape index (κ1) is 13.4. The summed E-state index contributed by atoms with van der Waals surface area (Å²) in [6.07, 6.45) is 0.897. The molecule has 0 fully saturated rings. The average Bonchev–Trinajstić information content (AvgIpc) is 2.64. The minimum absolute atomic E-state index is 0.467. The van der Waals surface area contributed by atoms with Gasteiger partial charge in [-0.1, -0.05) is 18.5 Å². The number of nitrogens with zero attached hydrogens (tertiary/aromatic N) is 2. The third kappa shape index (κ3) is 3.45. The zero-order chi connectivity index (χ0) is 12.0. The number of hydrogen-bond donors (Lipinski definition) is 2. The minimum atomic E-state index is -0.646. The second-order valence-electron chi connectivity index (χ2n) is 3.42. The molecule has 5 nitrogen and oxygen atoms in total. The number of aromatic nitrogens is 2. The maximum Gasteiger partial charge on any atom is 0.110 e. The number of halogens is 1. The van der Waals surface area contributed by atoms with Gasteiger partial charge >= 0.3 is 0 Å². The Morgan fingerprint density at radius 3 is 3.06 bits per heavy atom. The van der Waals surface area contributed by atoms with Gasteiger partial charge in [-0.3, -0.25) is 4.68 Å². The quantitative estimate of drug-likeness (QED) is 0.749. The highest BCUT2D eigenvalue weighted by atomic mass is 35.5. The summed E-state index contributed by atoms with van der Waals surface area (Å²) in [4.78, 5) is 0. The number of ether oxygens (including phenoxy) is 1. The van der Waals surface area contributed by atoms with Gasteiger partial charge in [-0.2, -0.15) is 5.10 Å². The summed E-state index contributed by atoms with van der Waals surface area (Å²) in [5.74, 6) is 0. The molecular formula is C10H18ClN3O2. The van der Waals surface area contributed by atoms with Crippen molar-refractivity contribution in [3.05, 3.63) is 16.9 Å². The van der Waals surface area contributed by atoms with Crippen LogP contribution in [0.3, 0.4) is 0 Å². The third-order valence-corrected chi connectivity index (χ3v) is 2.53. The molecule has 0 aromatic carbocycles. The molecule has 1 unspecified atom stereocenters. The second-order valence-corrected chi connectivity index (χ2v) is 3.82. The maximum atomic E-state index is 9.95. The summed E-state index contributed by atoms with van der Waals surface area (Å²) in [7, 11) is 1.62. The zero-order valence-electron chi connectivity index (χ0n) is 9.61. The molecule has 0 radical (unpaired) electrons. The lowest BCUT2D eigenvalue weighted by molar-refractivity contribution is 0.152. The lowest BCUT2D eigenvalue weighted by Gasteiger charge is -2.14. The highest BCUT2D eigenvalue weighted by Crippen LogP contribution is 2.22. The predicted molar refractivity (Wildman–Crippen MR) is 62.6 cm³/mol. The molecule has 92 valence electrons. The number of likely N-dealkylation sites (N-methyl/N-ethyl adjacent to an activating group) is 1. The van der Waals surface area contributed by atoms with Crippen LogP contribution >= 0.6 is 11.6 Å². The van der Waals surface area contributed by atoms with Crippen LogP contribution in [-0.2, 0) is 11.3 Å². The molecule has 2 N–H and O–H groups in total. The van der Waals surface area contributed by atoms with Crippen molar-refractivity contribution < 1.29 is 9.84 Å². The number of methoxy groups -OCH3 is 1. The van der Waals surface area contributed by atoms with E-state index in [1.807, 2.05) is 6.92 Å². The van der Waals surface area contributed by atoms with E-state index in [4.69, 9.17) is 16.3 Å². The summed E-state index contributed by atoms with van der Waals surface area (Å²) in [5, 5.41) is 17.6. The topological polar surface area (TPSA) is 59.3 Å². The predicted octanol–water partition coefficient (Wildman–Crippen LogP) is 0.826. The molecule has 1 rings (SSSR count). The van der Waals surface area contributed by atoms with Crippen molar-refractivity contribution in [2.45, 2.75) is 19.6 Å². The highest BCUT2D eigenvalue weighted by Gasteiger charge is 2.17. The average molecular weight is 248 g/mol. The monoisotopic (exact) mass is 247 g/mol. The molecule has 0 aliphatic heterocycles.